The van der Waals surface area contributed by atoms with Gasteiger partial charge in [-0.25, -0.2) is 18.7 Å². The van der Waals surface area contributed by atoms with Crippen molar-refractivity contribution in [2.75, 3.05) is 5.32 Å². The van der Waals surface area contributed by atoms with Crippen LogP contribution in [0.2, 0.25) is 0 Å². The molecule has 1 saturated carbocycles. The summed E-state index contributed by atoms with van der Waals surface area (Å²) in [6, 6.07) is 5.55. The van der Waals surface area contributed by atoms with E-state index in [4.69, 9.17) is 0 Å². The summed E-state index contributed by atoms with van der Waals surface area (Å²) in [5, 5.41) is 14.3. The highest BCUT2D eigenvalue weighted by Gasteiger charge is 2.61. The number of fused-ring (bicyclic) bond motifs is 3. The summed E-state index contributed by atoms with van der Waals surface area (Å²) in [5.74, 6) is -4.68. The zero-order valence-electron chi connectivity index (χ0n) is 17.4. The number of halogens is 2. The number of nitrogens with one attached hydrogen (secondary N) is 1. The molecule has 0 aliphatic heterocycles. The van der Waals surface area contributed by atoms with Crippen LogP contribution in [0, 0.1) is 12.8 Å². The maximum atomic E-state index is 13.2. The molecule has 1 aliphatic rings. The van der Waals surface area contributed by atoms with E-state index in [-0.39, 0.29) is 5.82 Å². The van der Waals surface area contributed by atoms with Crippen molar-refractivity contribution < 1.29 is 18.7 Å². The third-order valence-corrected chi connectivity index (χ3v) is 6.71. The van der Waals surface area contributed by atoms with Gasteiger partial charge >= 0.3 is 0 Å². The molecule has 3 aromatic heterocycles. The number of thiazole rings is 1. The Morgan fingerprint density at radius 2 is 2.03 bits per heavy atom. The second kappa shape index (κ2) is 7.53. The van der Waals surface area contributed by atoms with Crippen molar-refractivity contribution in [2.24, 2.45) is 5.92 Å². The summed E-state index contributed by atoms with van der Waals surface area (Å²) in [5.41, 5.74) is 5.93. The molecule has 4 aromatic rings. The molecule has 1 amide bonds. The number of carbonyl (C=O) groups excluding carboxylic acids is 1. The van der Waals surface area contributed by atoms with Crippen LogP contribution >= 0.6 is 11.3 Å². The quantitative estimate of drug-likeness (QED) is 0.430. The number of rotatable bonds is 5. The van der Waals surface area contributed by atoms with Crippen LogP contribution in [-0.2, 0) is 4.79 Å². The Bertz CT molecular complexity index is 1370. The van der Waals surface area contributed by atoms with Crippen molar-refractivity contribution in [3.8, 4) is 11.1 Å². The third kappa shape index (κ3) is 3.51. The Kier molecular flexibility index (Phi) is 4.90. The van der Waals surface area contributed by atoms with Crippen molar-refractivity contribution in [1.82, 2.24) is 15.0 Å². The van der Waals surface area contributed by atoms with Gasteiger partial charge in [0.15, 0.2) is 0 Å². The fourth-order valence-electron chi connectivity index (χ4n) is 3.87. The number of benzene rings is 1. The molecule has 6 nitrogen and oxygen atoms in total. The first-order valence-electron chi connectivity index (χ1n) is 10.3. The SMILES string of the molecule is CCC(O)c1cc(C)c(-c2cc3cnc(NC(=O)C4CC4(F)F)cc3c3scnc23)cn1. The Labute approximate surface area is 186 Å². The van der Waals surface area contributed by atoms with Gasteiger partial charge in [0, 0.05) is 40.7 Å². The van der Waals surface area contributed by atoms with Gasteiger partial charge in [-0.15, -0.1) is 11.3 Å². The zero-order chi connectivity index (χ0) is 22.6. The average molecular weight is 455 g/mol. The fraction of sp³-hybridized carbons (Fsp3) is 0.304. The van der Waals surface area contributed by atoms with Gasteiger partial charge in [-0.2, -0.15) is 0 Å². The molecule has 2 atom stereocenters. The van der Waals surface area contributed by atoms with E-state index in [1.807, 2.05) is 26.0 Å². The molecule has 2 unspecified atom stereocenters. The van der Waals surface area contributed by atoms with Crippen LogP contribution in [0.5, 0.6) is 0 Å². The molecule has 9 heteroatoms. The molecular weight excluding hydrogens is 434 g/mol. The Morgan fingerprint density at radius 3 is 2.72 bits per heavy atom. The minimum Gasteiger partial charge on any atom is -0.387 e. The predicted molar refractivity (Wildman–Crippen MR) is 120 cm³/mol. The number of pyridine rings is 2. The third-order valence-electron chi connectivity index (χ3n) is 5.85. The Hall–Kier alpha value is -3.04. The molecule has 1 fully saturated rings. The summed E-state index contributed by atoms with van der Waals surface area (Å²) in [4.78, 5) is 25.3. The standard InChI is InChI=1S/C23H20F2N4O2S/c1-3-18(30)17-4-11(2)15(9-26-17)14-5-12-8-27-19(29-22(31)16-7-23(16,24)25)6-13(12)21-20(14)28-10-32-21/h4-6,8-10,16,18,30H,3,7H2,1-2H3,(H,27,29,31). The summed E-state index contributed by atoms with van der Waals surface area (Å²) in [6.07, 6.45) is 2.93. The van der Waals surface area contributed by atoms with Crippen molar-refractivity contribution in [3.63, 3.8) is 0 Å². The van der Waals surface area contributed by atoms with Gasteiger partial charge in [0.1, 0.15) is 11.7 Å². The van der Waals surface area contributed by atoms with E-state index in [0.717, 1.165) is 37.7 Å². The Morgan fingerprint density at radius 1 is 1.25 bits per heavy atom. The summed E-state index contributed by atoms with van der Waals surface area (Å²) < 4.78 is 27.3. The maximum Gasteiger partial charge on any atom is 0.260 e. The molecule has 0 spiro atoms. The van der Waals surface area contributed by atoms with Crippen LogP contribution in [-0.4, -0.2) is 31.9 Å². The molecule has 0 bridgehead atoms. The van der Waals surface area contributed by atoms with Gasteiger partial charge in [0.2, 0.25) is 5.91 Å². The smallest absolute Gasteiger partial charge is 0.260 e. The lowest BCUT2D eigenvalue weighted by molar-refractivity contribution is -0.119. The topological polar surface area (TPSA) is 88.0 Å². The van der Waals surface area contributed by atoms with Crippen molar-refractivity contribution in [1.29, 1.82) is 0 Å². The number of amides is 1. The first-order valence-corrected chi connectivity index (χ1v) is 11.2. The van der Waals surface area contributed by atoms with Crippen LogP contribution in [0.1, 0.15) is 37.1 Å². The summed E-state index contributed by atoms with van der Waals surface area (Å²) in [7, 11) is 0. The van der Waals surface area contributed by atoms with Crippen LogP contribution < -0.4 is 5.32 Å². The normalized spacial score (nSPS) is 18.1. The highest BCUT2D eigenvalue weighted by Crippen LogP contribution is 2.49. The van der Waals surface area contributed by atoms with Gasteiger partial charge < -0.3 is 10.4 Å². The van der Waals surface area contributed by atoms with Gasteiger partial charge in [0.25, 0.3) is 5.92 Å². The highest BCUT2D eigenvalue weighted by atomic mass is 32.1. The van der Waals surface area contributed by atoms with E-state index < -0.39 is 30.3 Å². The highest BCUT2D eigenvalue weighted by molar-refractivity contribution is 7.17. The summed E-state index contributed by atoms with van der Waals surface area (Å²) in [6.45, 7) is 3.87. The van der Waals surface area contributed by atoms with E-state index in [0.29, 0.717) is 12.1 Å². The lowest BCUT2D eigenvalue weighted by Crippen LogP contribution is -2.18. The van der Waals surface area contributed by atoms with Gasteiger partial charge in [-0.1, -0.05) is 6.92 Å². The van der Waals surface area contributed by atoms with E-state index in [9.17, 15) is 18.7 Å². The first kappa shape index (κ1) is 20.8. The van der Waals surface area contributed by atoms with Gasteiger partial charge in [-0.3, -0.25) is 9.78 Å². The Balaban J connectivity index is 1.56. The number of nitrogens with zero attached hydrogens (tertiary/aromatic N) is 3. The number of anilines is 1. The molecule has 2 N–H and O–H groups in total. The number of aliphatic hydroxyl groups excluding tert-OH is 1. The van der Waals surface area contributed by atoms with Crippen LogP contribution in [0.25, 0.3) is 32.1 Å². The second-order valence-corrected chi connectivity index (χ2v) is 8.95. The number of hydrogen-bond donors (Lipinski definition) is 2. The molecular formula is C23H20F2N4O2S. The predicted octanol–water partition coefficient (Wildman–Crippen LogP) is 5.25. The monoisotopic (exact) mass is 454 g/mol. The van der Waals surface area contributed by atoms with Crippen molar-refractivity contribution in [2.45, 2.75) is 38.7 Å². The molecule has 0 saturated heterocycles. The first-order chi connectivity index (χ1) is 15.3. The molecule has 164 valence electrons. The molecule has 32 heavy (non-hydrogen) atoms. The lowest BCUT2D eigenvalue weighted by atomic mass is 9.97. The number of alkyl halides is 2. The largest absolute Gasteiger partial charge is 0.387 e. The van der Waals surface area contributed by atoms with Crippen LogP contribution in [0.15, 0.2) is 36.1 Å². The molecule has 1 aromatic carbocycles. The van der Waals surface area contributed by atoms with Gasteiger partial charge in [-0.05, 0) is 37.1 Å². The molecule has 0 radical (unpaired) electrons. The second-order valence-electron chi connectivity index (χ2n) is 8.10. The molecule has 3 heterocycles. The minimum absolute atomic E-state index is 0.239. The van der Waals surface area contributed by atoms with Gasteiger partial charge in [0.05, 0.1) is 27.5 Å². The van der Waals surface area contributed by atoms with Crippen molar-refractivity contribution >= 4 is 44.1 Å². The molecule has 1 aliphatic carbocycles. The van der Waals surface area contributed by atoms with Crippen LogP contribution in [0.3, 0.4) is 0 Å². The molecule has 5 rings (SSSR count). The number of aryl methyl sites for hydroxylation is 1. The number of aliphatic hydroxyl groups is 1. The lowest BCUT2D eigenvalue weighted by Gasteiger charge is -2.13. The van der Waals surface area contributed by atoms with E-state index in [2.05, 4.69) is 20.3 Å². The van der Waals surface area contributed by atoms with E-state index in [1.165, 1.54) is 11.3 Å². The average Bonchev–Trinajstić information content (AvgIpc) is 3.18. The maximum absolute atomic E-state index is 13.2. The van der Waals surface area contributed by atoms with E-state index in [1.54, 1.807) is 24.0 Å². The van der Waals surface area contributed by atoms with Crippen molar-refractivity contribution in [3.05, 3.63) is 47.4 Å². The minimum atomic E-state index is -2.92. The van der Waals surface area contributed by atoms with E-state index >= 15 is 0 Å². The number of hydrogen-bond acceptors (Lipinski definition) is 6. The zero-order valence-corrected chi connectivity index (χ0v) is 18.2. The summed E-state index contributed by atoms with van der Waals surface area (Å²) >= 11 is 1.46. The fourth-order valence-corrected chi connectivity index (χ4v) is 4.71. The van der Waals surface area contributed by atoms with Crippen LogP contribution in [0.4, 0.5) is 14.6 Å². The number of aromatic nitrogens is 3. The number of carbonyl (C=O) groups is 1.